The van der Waals surface area contributed by atoms with Gasteiger partial charge in [-0.25, -0.2) is 0 Å². The van der Waals surface area contributed by atoms with Crippen molar-refractivity contribution in [1.82, 2.24) is 0 Å². The maximum atomic E-state index is 11.7. The van der Waals surface area contributed by atoms with E-state index in [1.165, 1.54) is 0 Å². The largest absolute Gasteiger partial charge is 0.324 e. The third kappa shape index (κ3) is 2.83. The molecule has 0 radical (unpaired) electrons. The average molecular weight is 220 g/mol. The molecular formula is C13H20N2O. The van der Waals surface area contributed by atoms with E-state index in [9.17, 15) is 4.79 Å². The Balaban J connectivity index is 2.92. The Kier molecular flexibility index (Phi) is 4.50. The number of aryl methyl sites for hydroxylation is 2. The molecule has 0 heterocycles. The van der Waals surface area contributed by atoms with Crippen molar-refractivity contribution in [2.45, 2.75) is 39.7 Å². The first-order valence-electron chi connectivity index (χ1n) is 5.75. The third-order valence-corrected chi connectivity index (χ3v) is 2.76. The second-order valence-corrected chi connectivity index (χ2v) is 3.97. The normalized spacial score (nSPS) is 12.2. The van der Waals surface area contributed by atoms with Crippen LogP contribution >= 0.6 is 0 Å². The van der Waals surface area contributed by atoms with Gasteiger partial charge in [0.1, 0.15) is 0 Å². The van der Waals surface area contributed by atoms with Crippen LogP contribution in [0, 0.1) is 6.92 Å². The molecule has 1 amide bonds. The molecule has 16 heavy (non-hydrogen) atoms. The number of carbonyl (C=O) groups is 1. The summed E-state index contributed by atoms with van der Waals surface area (Å²) in [5.41, 5.74) is 8.84. The number of amides is 1. The molecule has 1 atom stereocenters. The van der Waals surface area contributed by atoms with Gasteiger partial charge in [0.15, 0.2) is 0 Å². The smallest absolute Gasteiger partial charge is 0.241 e. The zero-order valence-corrected chi connectivity index (χ0v) is 10.2. The summed E-state index contributed by atoms with van der Waals surface area (Å²) in [6, 6.07) is 5.60. The first-order valence-corrected chi connectivity index (χ1v) is 5.75. The van der Waals surface area contributed by atoms with E-state index in [0.29, 0.717) is 6.42 Å². The SMILES string of the molecule is CCc1cccc(C)c1NC(=O)[C@H](N)CC. The van der Waals surface area contributed by atoms with Crippen LogP contribution in [0.2, 0.25) is 0 Å². The number of benzene rings is 1. The Morgan fingerprint density at radius 3 is 2.69 bits per heavy atom. The Labute approximate surface area is 97.0 Å². The molecule has 3 N–H and O–H groups in total. The molecule has 3 heteroatoms. The van der Waals surface area contributed by atoms with Crippen molar-refractivity contribution in [2.75, 3.05) is 5.32 Å². The maximum Gasteiger partial charge on any atom is 0.241 e. The van der Waals surface area contributed by atoms with E-state index < -0.39 is 6.04 Å². The van der Waals surface area contributed by atoms with Crippen LogP contribution in [0.15, 0.2) is 18.2 Å². The van der Waals surface area contributed by atoms with Gasteiger partial charge < -0.3 is 11.1 Å². The summed E-state index contributed by atoms with van der Waals surface area (Å²) in [5, 5.41) is 2.92. The van der Waals surface area contributed by atoms with Crippen LogP contribution in [0.25, 0.3) is 0 Å². The maximum absolute atomic E-state index is 11.7. The fraction of sp³-hybridized carbons (Fsp3) is 0.462. The highest BCUT2D eigenvalue weighted by atomic mass is 16.2. The van der Waals surface area contributed by atoms with Gasteiger partial charge in [0.2, 0.25) is 5.91 Å². The first-order chi connectivity index (χ1) is 7.60. The zero-order chi connectivity index (χ0) is 12.1. The average Bonchev–Trinajstić information content (AvgIpc) is 2.30. The number of hydrogen-bond acceptors (Lipinski definition) is 2. The molecule has 0 unspecified atom stereocenters. The molecule has 0 saturated heterocycles. The fourth-order valence-electron chi connectivity index (χ4n) is 1.60. The van der Waals surface area contributed by atoms with E-state index in [0.717, 1.165) is 23.2 Å². The van der Waals surface area contributed by atoms with Gasteiger partial charge in [0.25, 0.3) is 0 Å². The molecule has 0 aromatic heterocycles. The molecule has 0 saturated carbocycles. The quantitative estimate of drug-likeness (QED) is 0.817. The van der Waals surface area contributed by atoms with E-state index in [1.54, 1.807) is 0 Å². The predicted molar refractivity (Wildman–Crippen MR) is 67.5 cm³/mol. The first kappa shape index (κ1) is 12.7. The van der Waals surface area contributed by atoms with Crippen molar-refractivity contribution >= 4 is 11.6 Å². The molecule has 1 rings (SSSR count). The van der Waals surface area contributed by atoms with Gasteiger partial charge in [0, 0.05) is 5.69 Å². The van der Waals surface area contributed by atoms with Crippen molar-refractivity contribution in [1.29, 1.82) is 0 Å². The van der Waals surface area contributed by atoms with Crippen molar-refractivity contribution in [3.63, 3.8) is 0 Å². The molecule has 0 aliphatic carbocycles. The molecular weight excluding hydrogens is 200 g/mol. The third-order valence-electron chi connectivity index (χ3n) is 2.76. The van der Waals surface area contributed by atoms with Crippen LogP contribution in [-0.2, 0) is 11.2 Å². The van der Waals surface area contributed by atoms with Crippen LogP contribution in [-0.4, -0.2) is 11.9 Å². The molecule has 3 nitrogen and oxygen atoms in total. The Hall–Kier alpha value is -1.35. The predicted octanol–water partition coefficient (Wildman–Crippen LogP) is 2.23. The van der Waals surface area contributed by atoms with Gasteiger partial charge in [-0.05, 0) is 30.9 Å². The summed E-state index contributed by atoms with van der Waals surface area (Å²) in [4.78, 5) is 11.7. The number of nitrogens with one attached hydrogen (secondary N) is 1. The lowest BCUT2D eigenvalue weighted by Crippen LogP contribution is -2.35. The molecule has 1 aromatic carbocycles. The van der Waals surface area contributed by atoms with E-state index in [-0.39, 0.29) is 5.91 Å². The van der Waals surface area contributed by atoms with E-state index in [1.807, 2.05) is 32.0 Å². The number of hydrogen-bond donors (Lipinski definition) is 2. The van der Waals surface area contributed by atoms with Crippen molar-refractivity contribution in [3.8, 4) is 0 Å². The van der Waals surface area contributed by atoms with Crippen LogP contribution in [0.1, 0.15) is 31.4 Å². The Bertz CT molecular complexity index is 374. The molecule has 0 aliphatic rings. The summed E-state index contributed by atoms with van der Waals surface area (Å²) in [6.07, 6.45) is 1.55. The van der Waals surface area contributed by atoms with Crippen molar-refractivity contribution in [3.05, 3.63) is 29.3 Å². The summed E-state index contributed by atoms with van der Waals surface area (Å²) in [7, 11) is 0. The van der Waals surface area contributed by atoms with Gasteiger partial charge >= 0.3 is 0 Å². The Morgan fingerprint density at radius 2 is 2.12 bits per heavy atom. The number of carbonyl (C=O) groups excluding carboxylic acids is 1. The van der Waals surface area contributed by atoms with Gasteiger partial charge in [0.05, 0.1) is 6.04 Å². The van der Waals surface area contributed by atoms with E-state index >= 15 is 0 Å². The van der Waals surface area contributed by atoms with E-state index in [2.05, 4.69) is 12.2 Å². The Morgan fingerprint density at radius 1 is 1.44 bits per heavy atom. The lowest BCUT2D eigenvalue weighted by molar-refractivity contribution is -0.117. The summed E-state index contributed by atoms with van der Waals surface area (Å²) >= 11 is 0. The highest BCUT2D eigenvalue weighted by Gasteiger charge is 2.13. The summed E-state index contributed by atoms with van der Waals surface area (Å²) in [6.45, 7) is 5.97. The van der Waals surface area contributed by atoms with Gasteiger partial charge in [-0.1, -0.05) is 32.0 Å². The molecule has 0 aliphatic heterocycles. The monoisotopic (exact) mass is 220 g/mol. The minimum Gasteiger partial charge on any atom is -0.324 e. The number of rotatable bonds is 4. The lowest BCUT2D eigenvalue weighted by Gasteiger charge is -2.15. The second kappa shape index (κ2) is 5.66. The van der Waals surface area contributed by atoms with Crippen molar-refractivity contribution < 1.29 is 4.79 Å². The lowest BCUT2D eigenvalue weighted by atomic mass is 10.1. The zero-order valence-electron chi connectivity index (χ0n) is 10.2. The topological polar surface area (TPSA) is 55.1 Å². The summed E-state index contributed by atoms with van der Waals surface area (Å²) in [5.74, 6) is -0.105. The van der Waals surface area contributed by atoms with Gasteiger partial charge in [-0.2, -0.15) is 0 Å². The molecule has 0 fully saturated rings. The van der Waals surface area contributed by atoms with Crippen LogP contribution in [0.3, 0.4) is 0 Å². The summed E-state index contributed by atoms with van der Waals surface area (Å²) < 4.78 is 0. The van der Waals surface area contributed by atoms with Gasteiger partial charge in [-0.3, -0.25) is 4.79 Å². The van der Waals surface area contributed by atoms with Crippen LogP contribution < -0.4 is 11.1 Å². The molecule has 0 bridgehead atoms. The van der Waals surface area contributed by atoms with Crippen LogP contribution in [0.4, 0.5) is 5.69 Å². The molecule has 1 aromatic rings. The minimum atomic E-state index is -0.427. The van der Waals surface area contributed by atoms with Crippen LogP contribution in [0.5, 0.6) is 0 Å². The number of anilines is 1. The van der Waals surface area contributed by atoms with Gasteiger partial charge in [-0.15, -0.1) is 0 Å². The second-order valence-electron chi connectivity index (χ2n) is 3.97. The number of para-hydroxylation sites is 1. The highest BCUT2D eigenvalue weighted by Crippen LogP contribution is 2.21. The standard InChI is InChI=1S/C13H20N2O/c1-4-10-8-6-7-9(3)12(10)15-13(16)11(14)5-2/h6-8,11H,4-5,14H2,1-3H3,(H,15,16)/t11-/m1/s1. The van der Waals surface area contributed by atoms with E-state index in [4.69, 9.17) is 5.73 Å². The minimum absolute atomic E-state index is 0.105. The molecule has 88 valence electrons. The van der Waals surface area contributed by atoms with Crippen molar-refractivity contribution in [2.24, 2.45) is 5.73 Å². The number of nitrogens with two attached hydrogens (primary N) is 1. The fourth-order valence-corrected chi connectivity index (χ4v) is 1.60. The molecule has 0 spiro atoms. The highest BCUT2D eigenvalue weighted by molar-refractivity contribution is 5.95.